The zero-order valence-electron chi connectivity index (χ0n) is 11.9. The highest BCUT2D eigenvalue weighted by Crippen LogP contribution is 2.16. The number of rotatable bonds is 8. The van der Waals surface area contributed by atoms with Crippen molar-refractivity contribution in [3.8, 4) is 0 Å². The van der Waals surface area contributed by atoms with Crippen LogP contribution in [0.5, 0.6) is 0 Å². The summed E-state index contributed by atoms with van der Waals surface area (Å²) >= 11 is 0. The lowest BCUT2D eigenvalue weighted by molar-refractivity contribution is -0.127. The van der Waals surface area contributed by atoms with Crippen LogP contribution in [0.2, 0.25) is 0 Å². The first-order chi connectivity index (χ1) is 7.41. The Morgan fingerprint density at radius 1 is 1.12 bits per heavy atom. The van der Waals surface area contributed by atoms with E-state index in [2.05, 4.69) is 32.7 Å². The minimum Gasteiger partial charge on any atom is -0.298 e. The molecule has 0 rings (SSSR count). The third kappa shape index (κ3) is 5.11. The fourth-order valence-electron chi connectivity index (χ4n) is 1.88. The van der Waals surface area contributed by atoms with Crippen LogP contribution in [0, 0.1) is 5.92 Å². The van der Waals surface area contributed by atoms with Crippen molar-refractivity contribution in [2.45, 2.75) is 72.4 Å². The van der Waals surface area contributed by atoms with Crippen molar-refractivity contribution in [1.82, 2.24) is 4.90 Å². The second kappa shape index (κ2) is 7.83. The van der Waals surface area contributed by atoms with Crippen molar-refractivity contribution in [2.75, 3.05) is 7.05 Å². The first kappa shape index (κ1) is 15.6. The molecule has 0 aliphatic rings. The molecule has 0 radical (unpaired) electrons. The third-order valence-electron chi connectivity index (χ3n) is 3.28. The molecule has 0 saturated carbocycles. The number of carbonyl (C=O) groups excluding carboxylic acids is 1. The van der Waals surface area contributed by atoms with E-state index in [1.165, 1.54) is 12.8 Å². The Hall–Kier alpha value is -0.370. The summed E-state index contributed by atoms with van der Waals surface area (Å²) in [5.74, 6) is 0.542. The molecule has 0 aliphatic heterocycles. The normalized spacial score (nSPS) is 13.8. The van der Waals surface area contributed by atoms with Crippen molar-refractivity contribution >= 4 is 5.78 Å². The molecule has 0 spiro atoms. The van der Waals surface area contributed by atoms with E-state index in [1.807, 2.05) is 13.8 Å². The smallest absolute Gasteiger partial charge is 0.152 e. The molecule has 0 heterocycles. The molecule has 0 amide bonds. The lowest BCUT2D eigenvalue weighted by atomic mass is 9.95. The topological polar surface area (TPSA) is 20.3 Å². The van der Waals surface area contributed by atoms with E-state index in [0.717, 1.165) is 12.8 Å². The molecule has 0 aromatic carbocycles. The lowest BCUT2D eigenvalue weighted by Crippen LogP contribution is -2.44. The van der Waals surface area contributed by atoms with Crippen molar-refractivity contribution in [3.05, 3.63) is 0 Å². The van der Waals surface area contributed by atoms with E-state index in [4.69, 9.17) is 0 Å². The molecule has 16 heavy (non-hydrogen) atoms. The zero-order chi connectivity index (χ0) is 12.7. The SMILES string of the molecule is CCCCCC(C(=O)C(C)C)N(C)C(C)C. The maximum absolute atomic E-state index is 12.1. The molecule has 0 aliphatic carbocycles. The average molecular weight is 227 g/mol. The maximum Gasteiger partial charge on any atom is 0.152 e. The fourth-order valence-corrected chi connectivity index (χ4v) is 1.88. The number of hydrogen-bond donors (Lipinski definition) is 0. The summed E-state index contributed by atoms with van der Waals surface area (Å²) in [6.07, 6.45) is 4.62. The van der Waals surface area contributed by atoms with Crippen LogP contribution in [0.4, 0.5) is 0 Å². The number of likely N-dealkylation sites (N-methyl/N-ethyl adjacent to an activating group) is 1. The van der Waals surface area contributed by atoms with Gasteiger partial charge >= 0.3 is 0 Å². The molecule has 0 aromatic rings. The number of unbranched alkanes of at least 4 members (excludes halogenated alkanes) is 2. The Balaban J connectivity index is 4.44. The Kier molecular flexibility index (Phi) is 7.65. The molecule has 96 valence electrons. The van der Waals surface area contributed by atoms with Gasteiger partial charge in [0.2, 0.25) is 0 Å². The van der Waals surface area contributed by atoms with E-state index in [-0.39, 0.29) is 12.0 Å². The van der Waals surface area contributed by atoms with Gasteiger partial charge in [0, 0.05) is 12.0 Å². The molecule has 2 nitrogen and oxygen atoms in total. The summed E-state index contributed by atoms with van der Waals surface area (Å²) in [5, 5.41) is 0. The average Bonchev–Trinajstić information content (AvgIpc) is 2.22. The molecule has 0 N–H and O–H groups in total. The molecular weight excluding hydrogens is 198 g/mol. The van der Waals surface area contributed by atoms with Gasteiger partial charge in [-0.3, -0.25) is 9.69 Å². The fraction of sp³-hybridized carbons (Fsp3) is 0.929. The van der Waals surface area contributed by atoms with E-state index in [0.29, 0.717) is 11.8 Å². The van der Waals surface area contributed by atoms with Crippen molar-refractivity contribution in [2.24, 2.45) is 5.92 Å². The van der Waals surface area contributed by atoms with Crippen LogP contribution in [0.1, 0.15) is 60.3 Å². The molecule has 0 fully saturated rings. The second-order valence-electron chi connectivity index (χ2n) is 5.33. The van der Waals surface area contributed by atoms with Gasteiger partial charge in [-0.15, -0.1) is 0 Å². The Morgan fingerprint density at radius 2 is 1.69 bits per heavy atom. The largest absolute Gasteiger partial charge is 0.298 e. The first-order valence-electron chi connectivity index (χ1n) is 6.67. The van der Waals surface area contributed by atoms with Gasteiger partial charge in [0.15, 0.2) is 5.78 Å². The lowest BCUT2D eigenvalue weighted by Gasteiger charge is -2.31. The molecule has 1 atom stereocenters. The van der Waals surface area contributed by atoms with Crippen LogP contribution in [-0.2, 0) is 4.79 Å². The van der Waals surface area contributed by atoms with Gasteiger partial charge in [-0.05, 0) is 27.3 Å². The minimum atomic E-state index is 0.117. The van der Waals surface area contributed by atoms with Crippen LogP contribution in [0.25, 0.3) is 0 Å². The summed E-state index contributed by atoms with van der Waals surface area (Å²) in [4.78, 5) is 14.4. The van der Waals surface area contributed by atoms with Crippen LogP contribution < -0.4 is 0 Å². The summed E-state index contributed by atoms with van der Waals surface area (Å²) in [6, 6.07) is 0.556. The highest BCUT2D eigenvalue weighted by Gasteiger charge is 2.25. The number of hydrogen-bond acceptors (Lipinski definition) is 2. The minimum absolute atomic E-state index is 0.117. The summed E-state index contributed by atoms with van der Waals surface area (Å²) in [6.45, 7) is 10.5. The molecule has 1 unspecified atom stereocenters. The summed E-state index contributed by atoms with van der Waals surface area (Å²) < 4.78 is 0. The van der Waals surface area contributed by atoms with E-state index in [9.17, 15) is 4.79 Å². The van der Waals surface area contributed by atoms with E-state index < -0.39 is 0 Å². The number of carbonyl (C=O) groups is 1. The number of Topliss-reactive ketones (excluding diaryl/α,β-unsaturated/α-hetero) is 1. The second-order valence-corrected chi connectivity index (χ2v) is 5.33. The van der Waals surface area contributed by atoms with E-state index >= 15 is 0 Å². The third-order valence-corrected chi connectivity index (χ3v) is 3.28. The molecular formula is C14H29NO. The van der Waals surface area contributed by atoms with Crippen LogP contribution in [0.15, 0.2) is 0 Å². The highest BCUT2D eigenvalue weighted by atomic mass is 16.1. The first-order valence-corrected chi connectivity index (χ1v) is 6.67. The monoisotopic (exact) mass is 227 g/mol. The van der Waals surface area contributed by atoms with Crippen molar-refractivity contribution in [3.63, 3.8) is 0 Å². The van der Waals surface area contributed by atoms with Gasteiger partial charge < -0.3 is 0 Å². The van der Waals surface area contributed by atoms with Gasteiger partial charge in [-0.2, -0.15) is 0 Å². The predicted octanol–water partition coefficient (Wildman–Crippen LogP) is 3.50. The molecule has 0 aromatic heterocycles. The van der Waals surface area contributed by atoms with Gasteiger partial charge in [-0.1, -0.05) is 40.0 Å². The van der Waals surface area contributed by atoms with Crippen LogP contribution in [-0.4, -0.2) is 29.8 Å². The van der Waals surface area contributed by atoms with Gasteiger partial charge in [-0.25, -0.2) is 0 Å². The zero-order valence-corrected chi connectivity index (χ0v) is 11.9. The highest BCUT2D eigenvalue weighted by molar-refractivity contribution is 5.85. The number of nitrogens with zero attached hydrogens (tertiary/aromatic N) is 1. The molecule has 0 saturated heterocycles. The Labute approximate surface area is 101 Å². The summed E-state index contributed by atoms with van der Waals surface area (Å²) in [5.41, 5.74) is 0. The Morgan fingerprint density at radius 3 is 2.06 bits per heavy atom. The predicted molar refractivity (Wildman–Crippen MR) is 70.7 cm³/mol. The Bertz CT molecular complexity index is 199. The molecule has 0 bridgehead atoms. The molecule has 2 heteroatoms. The summed E-state index contributed by atoms with van der Waals surface area (Å²) in [7, 11) is 2.07. The van der Waals surface area contributed by atoms with Crippen molar-refractivity contribution < 1.29 is 4.79 Å². The van der Waals surface area contributed by atoms with E-state index in [1.54, 1.807) is 0 Å². The quantitative estimate of drug-likeness (QED) is 0.592. The van der Waals surface area contributed by atoms with Crippen molar-refractivity contribution in [1.29, 1.82) is 0 Å². The maximum atomic E-state index is 12.1. The number of ketones is 1. The van der Waals surface area contributed by atoms with Crippen LogP contribution >= 0.6 is 0 Å². The standard InChI is InChI=1S/C14H29NO/c1-7-8-9-10-13(14(16)11(2)3)15(6)12(4)5/h11-13H,7-10H2,1-6H3. The van der Waals surface area contributed by atoms with Gasteiger partial charge in [0.25, 0.3) is 0 Å². The van der Waals surface area contributed by atoms with Gasteiger partial charge in [0.05, 0.1) is 6.04 Å². The van der Waals surface area contributed by atoms with Gasteiger partial charge in [0.1, 0.15) is 0 Å². The van der Waals surface area contributed by atoms with Crippen LogP contribution in [0.3, 0.4) is 0 Å².